The number of ether oxygens (including phenoxy) is 1. The lowest BCUT2D eigenvalue weighted by atomic mass is 10.1. The van der Waals surface area contributed by atoms with Crippen LogP contribution in [0.3, 0.4) is 0 Å². The van der Waals surface area contributed by atoms with Crippen LogP contribution in [-0.2, 0) is 9.53 Å². The summed E-state index contributed by atoms with van der Waals surface area (Å²) in [5.41, 5.74) is 0.732. The van der Waals surface area contributed by atoms with Crippen LogP contribution in [0.5, 0.6) is 0 Å². The highest BCUT2D eigenvalue weighted by atomic mass is 35.5. The van der Waals surface area contributed by atoms with Crippen molar-refractivity contribution in [2.24, 2.45) is 0 Å². The molecule has 1 aliphatic rings. The van der Waals surface area contributed by atoms with Crippen LogP contribution in [0.15, 0.2) is 42.5 Å². The summed E-state index contributed by atoms with van der Waals surface area (Å²) >= 11 is 11.6. The Morgan fingerprint density at radius 1 is 0.963 bits per heavy atom. The largest absolute Gasteiger partial charge is 0.442 e. The molecule has 3 amide bonds. The maximum absolute atomic E-state index is 12.2. The lowest BCUT2D eigenvalue weighted by molar-refractivity contribution is -0.145. The highest BCUT2D eigenvalue weighted by molar-refractivity contribution is 6.42. The van der Waals surface area contributed by atoms with Crippen LogP contribution in [-0.4, -0.2) is 41.9 Å². The monoisotopic (exact) mass is 406 g/mol. The molecule has 0 aliphatic carbocycles. The van der Waals surface area contributed by atoms with E-state index < -0.39 is 37.0 Å². The van der Waals surface area contributed by atoms with Crippen molar-refractivity contribution in [2.45, 2.75) is 0 Å². The first kappa shape index (κ1) is 18.9. The molecular formula is C18H12Cl2N2O5. The Kier molecular flexibility index (Phi) is 5.43. The maximum atomic E-state index is 12.2. The van der Waals surface area contributed by atoms with Crippen molar-refractivity contribution >= 4 is 46.9 Å². The number of nitrogens with one attached hydrogen (secondary N) is 1. The number of hydrogen-bond donors (Lipinski definition) is 1. The van der Waals surface area contributed by atoms with E-state index in [1.807, 2.05) is 0 Å². The van der Waals surface area contributed by atoms with Gasteiger partial charge in [0.2, 0.25) is 0 Å². The van der Waals surface area contributed by atoms with Crippen molar-refractivity contribution in [2.75, 3.05) is 13.3 Å². The minimum Gasteiger partial charge on any atom is -0.442 e. The molecule has 138 valence electrons. The quantitative estimate of drug-likeness (QED) is 0.608. The lowest BCUT2D eigenvalue weighted by Crippen LogP contribution is -2.36. The fourth-order valence-corrected chi connectivity index (χ4v) is 2.73. The van der Waals surface area contributed by atoms with Gasteiger partial charge in [-0.25, -0.2) is 4.90 Å². The molecule has 2 aromatic rings. The SMILES string of the molecule is O=C(CNC(=O)c1ccc(Cl)c(Cl)c1)OCN1C(=O)c2ccccc2C1=O. The Balaban J connectivity index is 1.52. The van der Waals surface area contributed by atoms with Gasteiger partial charge in [-0.15, -0.1) is 0 Å². The molecule has 0 atom stereocenters. The van der Waals surface area contributed by atoms with Crippen LogP contribution in [0.25, 0.3) is 0 Å². The van der Waals surface area contributed by atoms with Crippen molar-refractivity contribution in [3.63, 3.8) is 0 Å². The van der Waals surface area contributed by atoms with Gasteiger partial charge in [-0.05, 0) is 30.3 Å². The van der Waals surface area contributed by atoms with Crippen molar-refractivity contribution in [1.82, 2.24) is 10.2 Å². The van der Waals surface area contributed by atoms with Gasteiger partial charge in [-0.3, -0.25) is 19.2 Å². The summed E-state index contributed by atoms with van der Waals surface area (Å²) in [6.45, 7) is -0.976. The second-order valence-corrected chi connectivity index (χ2v) is 6.36. The summed E-state index contributed by atoms with van der Waals surface area (Å²) in [7, 11) is 0. The lowest BCUT2D eigenvalue weighted by Gasteiger charge is -2.14. The summed E-state index contributed by atoms with van der Waals surface area (Å²) in [6, 6.07) is 10.6. The van der Waals surface area contributed by atoms with Gasteiger partial charge in [-0.1, -0.05) is 35.3 Å². The molecule has 27 heavy (non-hydrogen) atoms. The van der Waals surface area contributed by atoms with E-state index in [-0.39, 0.29) is 21.7 Å². The van der Waals surface area contributed by atoms with E-state index in [2.05, 4.69) is 5.32 Å². The number of amides is 3. The fourth-order valence-electron chi connectivity index (χ4n) is 2.44. The molecule has 2 aromatic carbocycles. The Morgan fingerprint density at radius 2 is 1.59 bits per heavy atom. The molecule has 0 unspecified atom stereocenters. The summed E-state index contributed by atoms with van der Waals surface area (Å²) in [4.78, 5) is 48.9. The molecule has 0 saturated heterocycles. The van der Waals surface area contributed by atoms with Crippen LogP contribution in [0, 0.1) is 0 Å². The first-order chi connectivity index (χ1) is 12.9. The Bertz CT molecular complexity index is 926. The molecule has 1 N–H and O–H groups in total. The number of fused-ring (bicyclic) bond motifs is 1. The van der Waals surface area contributed by atoms with Crippen molar-refractivity contribution in [3.8, 4) is 0 Å². The molecule has 7 nitrogen and oxygen atoms in total. The topological polar surface area (TPSA) is 92.8 Å². The van der Waals surface area contributed by atoms with E-state index in [4.69, 9.17) is 27.9 Å². The number of benzene rings is 2. The Morgan fingerprint density at radius 3 is 2.19 bits per heavy atom. The van der Waals surface area contributed by atoms with E-state index in [1.165, 1.54) is 30.3 Å². The number of esters is 1. The van der Waals surface area contributed by atoms with Gasteiger partial charge in [-0.2, -0.15) is 0 Å². The molecule has 0 bridgehead atoms. The third-order valence-electron chi connectivity index (χ3n) is 3.81. The molecule has 3 rings (SSSR count). The number of imide groups is 1. The van der Waals surface area contributed by atoms with Gasteiger partial charge in [0.15, 0.2) is 6.73 Å². The van der Waals surface area contributed by atoms with Crippen LogP contribution in [0.4, 0.5) is 0 Å². The van der Waals surface area contributed by atoms with Gasteiger partial charge < -0.3 is 10.1 Å². The van der Waals surface area contributed by atoms with Gasteiger partial charge >= 0.3 is 5.97 Å². The molecule has 0 spiro atoms. The standard InChI is InChI=1S/C18H12Cl2N2O5/c19-13-6-5-10(7-14(13)20)16(24)21-8-15(23)27-9-22-17(25)11-3-1-2-4-12(11)18(22)26/h1-7H,8-9H2,(H,21,24). The van der Waals surface area contributed by atoms with Gasteiger partial charge in [0.05, 0.1) is 21.2 Å². The molecule has 0 saturated carbocycles. The maximum Gasteiger partial charge on any atom is 0.327 e. The Labute approximate surface area is 163 Å². The van der Waals surface area contributed by atoms with Crippen molar-refractivity contribution < 1.29 is 23.9 Å². The van der Waals surface area contributed by atoms with Crippen molar-refractivity contribution in [1.29, 1.82) is 0 Å². The molecule has 0 fully saturated rings. The number of carbonyl (C=O) groups excluding carboxylic acids is 4. The predicted molar refractivity (Wildman–Crippen MR) is 96.7 cm³/mol. The van der Waals surface area contributed by atoms with Crippen LogP contribution in [0.2, 0.25) is 10.0 Å². The first-order valence-electron chi connectivity index (χ1n) is 7.72. The molecule has 0 radical (unpaired) electrons. The van der Waals surface area contributed by atoms with E-state index >= 15 is 0 Å². The third kappa shape index (κ3) is 3.94. The van der Waals surface area contributed by atoms with Gasteiger partial charge in [0, 0.05) is 5.56 Å². The predicted octanol–water partition coefficient (Wildman–Crippen LogP) is 2.52. The molecular weight excluding hydrogens is 395 g/mol. The molecule has 1 heterocycles. The zero-order chi connectivity index (χ0) is 19.6. The summed E-state index contributed by atoms with van der Waals surface area (Å²) in [5, 5.41) is 2.86. The third-order valence-corrected chi connectivity index (χ3v) is 4.55. The van der Waals surface area contributed by atoms with Crippen LogP contribution >= 0.6 is 23.2 Å². The van der Waals surface area contributed by atoms with Crippen molar-refractivity contribution in [3.05, 3.63) is 69.2 Å². The van der Waals surface area contributed by atoms with E-state index in [9.17, 15) is 19.2 Å². The van der Waals surface area contributed by atoms with Crippen LogP contribution < -0.4 is 5.32 Å². The second kappa shape index (κ2) is 7.77. The van der Waals surface area contributed by atoms with Crippen LogP contribution in [0.1, 0.15) is 31.1 Å². The Hall–Kier alpha value is -2.90. The zero-order valence-electron chi connectivity index (χ0n) is 13.7. The molecule has 1 aliphatic heterocycles. The van der Waals surface area contributed by atoms with Gasteiger partial charge in [0.1, 0.15) is 6.54 Å². The smallest absolute Gasteiger partial charge is 0.327 e. The number of halogens is 2. The molecule has 0 aromatic heterocycles. The van der Waals surface area contributed by atoms with Gasteiger partial charge in [0.25, 0.3) is 17.7 Å². The highest BCUT2D eigenvalue weighted by Crippen LogP contribution is 2.23. The number of hydrogen-bond acceptors (Lipinski definition) is 5. The first-order valence-corrected chi connectivity index (χ1v) is 8.48. The summed E-state index contributed by atoms with van der Waals surface area (Å²) < 4.78 is 4.91. The fraction of sp³-hybridized carbons (Fsp3) is 0.111. The van der Waals surface area contributed by atoms with E-state index in [0.29, 0.717) is 5.02 Å². The highest BCUT2D eigenvalue weighted by Gasteiger charge is 2.35. The number of nitrogens with zero attached hydrogens (tertiary/aromatic N) is 1. The number of carbonyl (C=O) groups is 4. The normalized spacial score (nSPS) is 12.7. The zero-order valence-corrected chi connectivity index (χ0v) is 15.2. The van der Waals surface area contributed by atoms with E-state index in [1.54, 1.807) is 12.1 Å². The minimum atomic E-state index is -0.806. The summed E-state index contributed by atoms with van der Waals surface area (Å²) in [5.74, 6) is -2.43. The average Bonchev–Trinajstić information content (AvgIpc) is 2.91. The van der Waals surface area contributed by atoms with E-state index in [0.717, 1.165) is 4.90 Å². The minimum absolute atomic E-state index is 0.206. The average molecular weight is 407 g/mol. The summed E-state index contributed by atoms with van der Waals surface area (Å²) in [6.07, 6.45) is 0. The molecule has 9 heteroatoms. The second-order valence-electron chi connectivity index (χ2n) is 5.54. The number of rotatable bonds is 5.